The van der Waals surface area contributed by atoms with Crippen LogP contribution in [0.4, 0.5) is 5.69 Å². The molecule has 0 heterocycles. The molecular formula is C15H18ClNO3. The van der Waals surface area contributed by atoms with Crippen LogP contribution < -0.4 is 5.32 Å². The molecule has 0 aliphatic rings. The summed E-state index contributed by atoms with van der Waals surface area (Å²) in [6.07, 6.45) is 0.367. The molecule has 1 rings (SSSR count). The summed E-state index contributed by atoms with van der Waals surface area (Å²) in [6, 6.07) is 5.04. The number of halogens is 1. The molecule has 0 spiro atoms. The number of amides is 1. The minimum absolute atomic E-state index is 0.00249. The molecule has 0 aliphatic carbocycles. The van der Waals surface area contributed by atoms with Crippen molar-refractivity contribution in [2.75, 3.05) is 18.5 Å². The summed E-state index contributed by atoms with van der Waals surface area (Å²) in [6.45, 7) is 3.71. The van der Waals surface area contributed by atoms with Crippen molar-refractivity contribution in [2.45, 2.75) is 26.4 Å². The first-order valence-electron chi connectivity index (χ1n) is 6.33. The van der Waals surface area contributed by atoms with Gasteiger partial charge in [-0.25, -0.2) is 0 Å². The Morgan fingerprint density at radius 3 is 2.90 bits per heavy atom. The minimum atomic E-state index is -0.244. The lowest BCUT2D eigenvalue weighted by atomic mass is 10.1. The number of nitrogens with one attached hydrogen (secondary N) is 1. The van der Waals surface area contributed by atoms with Crippen LogP contribution in [0.25, 0.3) is 0 Å². The zero-order chi connectivity index (χ0) is 15.0. The second-order valence-corrected chi connectivity index (χ2v) is 4.81. The van der Waals surface area contributed by atoms with Crippen LogP contribution >= 0.6 is 11.6 Å². The van der Waals surface area contributed by atoms with E-state index in [1.165, 1.54) is 0 Å². The molecule has 1 aromatic carbocycles. The van der Waals surface area contributed by atoms with Crippen LogP contribution in [-0.2, 0) is 9.53 Å². The van der Waals surface area contributed by atoms with Crippen molar-refractivity contribution in [3.63, 3.8) is 0 Å². The van der Waals surface area contributed by atoms with Crippen molar-refractivity contribution in [1.29, 1.82) is 0 Å². The fourth-order valence-electron chi connectivity index (χ4n) is 1.37. The molecule has 0 fully saturated rings. The Balaban J connectivity index is 2.79. The Morgan fingerprint density at radius 1 is 1.50 bits per heavy atom. The van der Waals surface area contributed by atoms with Crippen molar-refractivity contribution in [3.05, 3.63) is 28.8 Å². The number of carbonyl (C=O) groups excluding carboxylic acids is 1. The third-order valence-electron chi connectivity index (χ3n) is 2.26. The second-order valence-electron chi connectivity index (χ2n) is 4.37. The van der Waals surface area contributed by atoms with E-state index in [4.69, 9.17) is 21.4 Å². The normalized spacial score (nSPS) is 10.1. The number of rotatable bonds is 5. The quantitative estimate of drug-likeness (QED) is 0.820. The summed E-state index contributed by atoms with van der Waals surface area (Å²) in [5.41, 5.74) is 1.20. The summed E-state index contributed by atoms with van der Waals surface area (Å²) in [5.74, 6) is 5.43. The summed E-state index contributed by atoms with van der Waals surface area (Å²) in [7, 11) is 0. The van der Waals surface area contributed by atoms with E-state index in [0.717, 1.165) is 0 Å². The molecular weight excluding hydrogens is 278 g/mol. The Kier molecular flexibility index (Phi) is 7.10. The van der Waals surface area contributed by atoms with Gasteiger partial charge >= 0.3 is 0 Å². The smallest absolute Gasteiger partial charge is 0.250 e. The zero-order valence-corrected chi connectivity index (χ0v) is 12.3. The van der Waals surface area contributed by atoms with Crippen LogP contribution in [0.3, 0.4) is 0 Å². The van der Waals surface area contributed by atoms with E-state index in [2.05, 4.69) is 17.2 Å². The van der Waals surface area contributed by atoms with Gasteiger partial charge in [-0.15, -0.1) is 0 Å². The van der Waals surface area contributed by atoms with E-state index < -0.39 is 0 Å². The third kappa shape index (κ3) is 6.07. The van der Waals surface area contributed by atoms with E-state index >= 15 is 0 Å². The fourth-order valence-corrected chi connectivity index (χ4v) is 1.54. The molecule has 1 amide bonds. The molecule has 0 unspecified atom stereocenters. The Bertz CT molecular complexity index is 518. The lowest BCUT2D eigenvalue weighted by Gasteiger charge is -2.10. The van der Waals surface area contributed by atoms with Gasteiger partial charge < -0.3 is 15.2 Å². The molecule has 0 radical (unpaired) electrons. The van der Waals surface area contributed by atoms with Gasteiger partial charge in [-0.3, -0.25) is 4.79 Å². The first-order chi connectivity index (χ1) is 9.52. The number of carbonyl (C=O) groups is 1. The Morgan fingerprint density at radius 2 is 2.25 bits per heavy atom. The van der Waals surface area contributed by atoms with Gasteiger partial charge in [0.2, 0.25) is 5.91 Å². The van der Waals surface area contributed by atoms with Gasteiger partial charge in [0.25, 0.3) is 0 Å². The van der Waals surface area contributed by atoms with Crippen LogP contribution in [0, 0.1) is 11.8 Å². The first kappa shape index (κ1) is 16.5. The predicted octanol–water partition coefficient (Wildman–Crippen LogP) is 2.44. The van der Waals surface area contributed by atoms with Gasteiger partial charge in [-0.05, 0) is 32.0 Å². The predicted molar refractivity (Wildman–Crippen MR) is 79.8 cm³/mol. The highest BCUT2D eigenvalue weighted by molar-refractivity contribution is 6.30. The zero-order valence-electron chi connectivity index (χ0n) is 11.6. The van der Waals surface area contributed by atoms with Crippen LogP contribution in [-0.4, -0.2) is 30.3 Å². The summed E-state index contributed by atoms with van der Waals surface area (Å²) in [5, 5.41) is 12.0. The van der Waals surface area contributed by atoms with E-state index in [0.29, 0.717) is 22.7 Å². The third-order valence-corrected chi connectivity index (χ3v) is 2.50. The molecule has 0 atom stereocenters. The molecule has 1 aromatic rings. The fraction of sp³-hybridized carbons (Fsp3) is 0.400. The van der Waals surface area contributed by atoms with Crippen molar-refractivity contribution in [2.24, 2.45) is 0 Å². The maximum atomic E-state index is 11.7. The van der Waals surface area contributed by atoms with E-state index in [1.807, 2.05) is 13.8 Å². The second kappa shape index (κ2) is 8.60. The van der Waals surface area contributed by atoms with Gasteiger partial charge in [0.1, 0.15) is 6.61 Å². The van der Waals surface area contributed by atoms with Crippen LogP contribution in [0.15, 0.2) is 18.2 Å². The highest BCUT2D eigenvalue weighted by Gasteiger charge is 2.07. The van der Waals surface area contributed by atoms with Crippen LogP contribution in [0.2, 0.25) is 5.02 Å². The van der Waals surface area contributed by atoms with Gasteiger partial charge in [0.15, 0.2) is 0 Å². The number of aliphatic hydroxyl groups excluding tert-OH is 1. The van der Waals surface area contributed by atoms with Gasteiger partial charge in [0.05, 0.1) is 18.4 Å². The maximum Gasteiger partial charge on any atom is 0.250 e. The lowest BCUT2D eigenvalue weighted by molar-refractivity contribution is -0.121. The lowest BCUT2D eigenvalue weighted by Crippen LogP contribution is -2.21. The van der Waals surface area contributed by atoms with Crippen LogP contribution in [0.1, 0.15) is 25.8 Å². The number of anilines is 1. The highest BCUT2D eigenvalue weighted by atomic mass is 35.5. The molecule has 0 aliphatic heterocycles. The molecule has 0 saturated heterocycles. The number of hydrogen-bond acceptors (Lipinski definition) is 3. The molecule has 2 N–H and O–H groups in total. The molecule has 0 saturated carbocycles. The van der Waals surface area contributed by atoms with Crippen molar-refractivity contribution in [1.82, 2.24) is 0 Å². The van der Waals surface area contributed by atoms with E-state index in [9.17, 15) is 4.79 Å². The Hall–Kier alpha value is -1.54. The first-order valence-corrected chi connectivity index (χ1v) is 6.71. The molecule has 108 valence electrons. The van der Waals surface area contributed by atoms with Gasteiger partial charge in [-0.1, -0.05) is 23.4 Å². The number of hydrogen-bond donors (Lipinski definition) is 2. The largest absolute Gasteiger partial charge is 0.395 e. The van der Waals surface area contributed by atoms with Crippen molar-refractivity contribution in [3.8, 4) is 11.8 Å². The number of benzene rings is 1. The summed E-state index contributed by atoms with van der Waals surface area (Å²) >= 11 is 5.91. The molecule has 20 heavy (non-hydrogen) atoms. The summed E-state index contributed by atoms with van der Waals surface area (Å²) < 4.78 is 5.23. The average molecular weight is 296 g/mol. The maximum absolute atomic E-state index is 11.7. The number of ether oxygens (including phenoxy) is 1. The molecule has 0 bridgehead atoms. The van der Waals surface area contributed by atoms with Crippen molar-refractivity contribution < 1.29 is 14.6 Å². The van der Waals surface area contributed by atoms with E-state index in [-0.39, 0.29) is 25.2 Å². The topological polar surface area (TPSA) is 58.6 Å². The monoisotopic (exact) mass is 295 g/mol. The molecule has 5 heteroatoms. The molecule has 4 nitrogen and oxygen atoms in total. The minimum Gasteiger partial charge on any atom is -0.395 e. The van der Waals surface area contributed by atoms with Gasteiger partial charge in [-0.2, -0.15) is 0 Å². The SMILES string of the molecule is CC(C)OCC(=O)Nc1ccc(Cl)cc1C#CCCO. The molecule has 0 aromatic heterocycles. The average Bonchev–Trinajstić information content (AvgIpc) is 2.39. The van der Waals surface area contributed by atoms with Gasteiger partial charge in [0, 0.05) is 17.0 Å². The van der Waals surface area contributed by atoms with Crippen molar-refractivity contribution >= 4 is 23.2 Å². The Labute approximate surface area is 124 Å². The highest BCUT2D eigenvalue weighted by Crippen LogP contribution is 2.20. The van der Waals surface area contributed by atoms with Crippen LogP contribution in [0.5, 0.6) is 0 Å². The standard InChI is InChI=1S/C15H18ClNO3/c1-11(2)20-10-15(19)17-14-7-6-13(16)9-12(14)5-3-4-8-18/h6-7,9,11,18H,4,8,10H2,1-2H3,(H,17,19). The summed E-state index contributed by atoms with van der Waals surface area (Å²) in [4.78, 5) is 11.7. The number of aliphatic hydroxyl groups is 1. The van der Waals surface area contributed by atoms with E-state index in [1.54, 1.807) is 18.2 Å².